The van der Waals surface area contributed by atoms with Gasteiger partial charge in [-0.3, -0.25) is 0 Å². The van der Waals surface area contributed by atoms with Gasteiger partial charge in [0.15, 0.2) is 0 Å². The van der Waals surface area contributed by atoms with Crippen LogP contribution < -0.4 is 10.5 Å². The summed E-state index contributed by atoms with van der Waals surface area (Å²) in [5, 5.41) is 0. The van der Waals surface area contributed by atoms with Gasteiger partial charge < -0.3 is 10.5 Å². The highest BCUT2D eigenvalue weighted by Gasteiger charge is 2.12. The summed E-state index contributed by atoms with van der Waals surface area (Å²) < 4.78 is 5.31. The minimum Gasteiger partial charge on any atom is -0.496 e. The standard InChI is InChI=1S/C11H14O.C7H9N/c1-12-11-8-4-6-9-5-2-3-7-10(9)11;8-6-7-4-2-1-3-5-7/h4,6,8H,2-3,5,7H2,1H3;1-5H,6,8H2. The quantitative estimate of drug-likeness (QED) is 0.901. The summed E-state index contributed by atoms with van der Waals surface area (Å²) in [6, 6.07) is 16.4. The highest BCUT2D eigenvalue weighted by Crippen LogP contribution is 2.28. The van der Waals surface area contributed by atoms with Crippen LogP contribution in [-0.4, -0.2) is 7.11 Å². The number of ether oxygens (including phenoxy) is 1. The van der Waals surface area contributed by atoms with Crippen LogP contribution in [0.1, 0.15) is 29.5 Å². The van der Waals surface area contributed by atoms with E-state index in [0.29, 0.717) is 6.54 Å². The maximum absolute atomic E-state index is 5.35. The Kier molecular flexibility index (Phi) is 5.63. The summed E-state index contributed by atoms with van der Waals surface area (Å²) >= 11 is 0. The van der Waals surface area contributed by atoms with E-state index < -0.39 is 0 Å². The molecule has 0 saturated carbocycles. The number of nitrogens with two attached hydrogens (primary N) is 1. The molecule has 0 radical (unpaired) electrons. The molecule has 0 saturated heterocycles. The fourth-order valence-corrected chi connectivity index (χ4v) is 2.55. The lowest BCUT2D eigenvalue weighted by Gasteiger charge is -2.17. The summed E-state index contributed by atoms with van der Waals surface area (Å²) in [6.45, 7) is 0.640. The molecular formula is C18H23NO. The summed E-state index contributed by atoms with van der Waals surface area (Å²) in [7, 11) is 1.75. The zero-order chi connectivity index (χ0) is 14.2. The first-order valence-electron chi connectivity index (χ1n) is 7.24. The van der Waals surface area contributed by atoms with E-state index in [1.807, 2.05) is 30.3 Å². The monoisotopic (exact) mass is 269 g/mol. The Hall–Kier alpha value is -1.80. The predicted octanol–water partition coefficient (Wildman–Crippen LogP) is 3.72. The molecule has 2 heteroatoms. The third kappa shape index (κ3) is 3.84. The maximum Gasteiger partial charge on any atom is 0.122 e. The molecule has 0 heterocycles. The lowest BCUT2D eigenvalue weighted by Crippen LogP contribution is -2.04. The molecule has 0 amide bonds. The second kappa shape index (κ2) is 7.71. The van der Waals surface area contributed by atoms with Crippen LogP contribution >= 0.6 is 0 Å². The van der Waals surface area contributed by atoms with Gasteiger partial charge in [-0.15, -0.1) is 0 Å². The lowest BCUT2D eigenvalue weighted by atomic mass is 9.91. The van der Waals surface area contributed by atoms with E-state index in [4.69, 9.17) is 10.5 Å². The van der Waals surface area contributed by atoms with E-state index >= 15 is 0 Å². The molecule has 0 atom stereocenters. The third-order valence-corrected chi connectivity index (χ3v) is 3.65. The number of rotatable bonds is 2. The van der Waals surface area contributed by atoms with Gasteiger partial charge in [-0.25, -0.2) is 0 Å². The number of benzene rings is 2. The Labute approximate surface area is 121 Å². The van der Waals surface area contributed by atoms with Crippen molar-refractivity contribution < 1.29 is 4.74 Å². The number of hydrogen-bond donors (Lipinski definition) is 1. The van der Waals surface area contributed by atoms with Crippen molar-refractivity contribution in [2.75, 3.05) is 7.11 Å². The second-order valence-corrected chi connectivity index (χ2v) is 4.99. The number of methoxy groups -OCH3 is 1. The molecule has 2 aromatic carbocycles. The van der Waals surface area contributed by atoms with E-state index in [-0.39, 0.29) is 0 Å². The topological polar surface area (TPSA) is 35.2 Å². The molecule has 1 aliphatic rings. The van der Waals surface area contributed by atoms with Gasteiger partial charge in [-0.05, 0) is 48.4 Å². The minimum absolute atomic E-state index is 0.640. The van der Waals surface area contributed by atoms with Crippen LogP contribution in [0.15, 0.2) is 48.5 Å². The molecule has 0 spiro atoms. The molecule has 0 fully saturated rings. The number of fused-ring (bicyclic) bond motifs is 1. The zero-order valence-corrected chi connectivity index (χ0v) is 12.1. The van der Waals surface area contributed by atoms with E-state index in [1.165, 1.54) is 42.4 Å². The van der Waals surface area contributed by atoms with E-state index in [2.05, 4.69) is 18.2 Å². The summed E-state index contributed by atoms with van der Waals surface area (Å²) in [5.74, 6) is 1.08. The van der Waals surface area contributed by atoms with Crippen molar-refractivity contribution in [3.05, 3.63) is 65.2 Å². The largest absolute Gasteiger partial charge is 0.496 e. The predicted molar refractivity (Wildman–Crippen MR) is 84.0 cm³/mol. The molecule has 3 rings (SSSR count). The summed E-state index contributed by atoms with van der Waals surface area (Å²) in [5.41, 5.74) is 9.46. The van der Waals surface area contributed by atoms with E-state index in [1.54, 1.807) is 7.11 Å². The minimum atomic E-state index is 0.640. The van der Waals surface area contributed by atoms with Crippen LogP contribution in [0.3, 0.4) is 0 Å². The van der Waals surface area contributed by atoms with Gasteiger partial charge in [-0.2, -0.15) is 0 Å². The molecule has 106 valence electrons. The molecule has 2 nitrogen and oxygen atoms in total. The van der Waals surface area contributed by atoms with Crippen molar-refractivity contribution in [3.63, 3.8) is 0 Å². The molecule has 0 unspecified atom stereocenters. The summed E-state index contributed by atoms with van der Waals surface area (Å²) in [6.07, 6.45) is 5.07. The van der Waals surface area contributed by atoms with Crippen molar-refractivity contribution >= 4 is 0 Å². The Balaban J connectivity index is 0.000000160. The van der Waals surface area contributed by atoms with Gasteiger partial charge in [0, 0.05) is 6.54 Å². The lowest BCUT2D eigenvalue weighted by molar-refractivity contribution is 0.406. The van der Waals surface area contributed by atoms with Gasteiger partial charge in [0.25, 0.3) is 0 Å². The maximum atomic E-state index is 5.35. The molecule has 0 bridgehead atoms. The van der Waals surface area contributed by atoms with Crippen molar-refractivity contribution in [2.24, 2.45) is 5.73 Å². The average molecular weight is 269 g/mol. The third-order valence-electron chi connectivity index (χ3n) is 3.65. The van der Waals surface area contributed by atoms with Crippen molar-refractivity contribution in [3.8, 4) is 5.75 Å². The molecule has 20 heavy (non-hydrogen) atoms. The van der Waals surface area contributed by atoms with Crippen LogP contribution in [0.4, 0.5) is 0 Å². The first-order chi connectivity index (χ1) is 9.85. The van der Waals surface area contributed by atoms with Crippen molar-refractivity contribution in [2.45, 2.75) is 32.2 Å². The molecular weight excluding hydrogens is 246 g/mol. The Morgan fingerprint density at radius 3 is 2.35 bits per heavy atom. The average Bonchev–Trinajstić information content (AvgIpc) is 2.55. The Morgan fingerprint density at radius 2 is 1.70 bits per heavy atom. The van der Waals surface area contributed by atoms with Gasteiger partial charge in [-0.1, -0.05) is 42.5 Å². The molecule has 2 aromatic rings. The number of hydrogen-bond acceptors (Lipinski definition) is 2. The van der Waals surface area contributed by atoms with Gasteiger partial charge in [0.2, 0.25) is 0 Å². The highest BCUT2D eigenvalue weighted by atomic mass is 16.5. The second-order valence-electron chi connectivity index (χ2n) is 4.99. The molecule has 0 aliphatic heterocycles. The van der Waals surface area contributed by atoms with Crippen molar-refractivity contribution in [1.29, 1.82) is 0 Å². The molecule has 1 aliphatic carbocycles. The van der Waals surface area contributed by atoms with Crippen LogP contribution in [0.25, 0.3) is 0 Å². The van der Waals surface area contributed by atoms with Crippen LogP contribution in [0, 0.1) is 0 Å². The van der Waals surface area contributed by atoms with Crippen LogP contribution in [0.2, 0.25) is 0 Å². The Bertz CT molecular complexity index is 508. The SMILES string of the molecule is COc1cccc2c1CCCC2.NCc1ccccc1. The fraction of sp³-hybridized carbons (Fsp3) is 0.333. The van der Waals surface area contributed by atoms with E-state index in [0.717, 1.165) is 5.75 Å². The highest BCUT2D eigenvalue weighted by molar-refractivity contribution is 5.41. The van der Waals surface area contributed by atoms with E-state index in [9.17, 15) is 0 Å². The van der Waals surface area contributed by atoms with Crippen molar-refractivity contribution in [1.82, 2.24) is 0 Å². The van der Waals surface area contributed by atoms with Gasteiger partial charge in [0.05, 0.1) is 7.11 Å². The van der Waals surface area contributed by atoms with Gasteiger partial charge in [0.1, 0.15) is 5.75 Å². The fourth-order valence-electron chi connectivity index (χ4n) is 2.55. The normalized spacial score (nSPS) is 12.9. The van der Waals surface area contributed by atoms with Crippen LogP contribution in [-0.2, 0) is 19.4 Å². The first kappa shape index (κ1) is 14.6. The molecule has 0 aromatic heterocycles. The van der Waals surface area contributed by atoms with Gasteiger partial charge >= 0.3 is 0 Å². The smallest absolute Gasteiger partial charge is 0.122 e. The number of aryl methyl sites for hydroxylation is 1. The van der Waals surface area contributed by atoms with Crippen LogP contribution in [0.5, 0.6) is 5.75 Å². The summed E-state index contributed by atoms with van der Waals surface area (Å²) in [4.78, 5) is 0. The zero-order valence-electron chi connectivity index (χ0n) is 12.1. The molecule has 2 N–H and O–H groups in total. The Morgan fingerprint density at radius 1 is 0.950 bits per heavy atom. The first-order valence-corrected chi connectivity index (χ1v) is 7.24.